The Morgan fingerprint density at radius 1 is 1.50 bits per heavy atom. The van der Waals surface area contributed by atoms with Crippen molar-refractivity contribution in [2.24, 2.45) is 17.8 Å². The van der Waals surface area contributed by atoms with E-state index >= 15 is 0 Å². The molecule has 3 unspecified atom stereocenters. The van der Waals surface area contributed by atoms with E-state index in [1.165, 1.54) is 0 Å². The zero-order valence-corrected chi connectivity index (χ0v) is 13.8. The summed E-state index contributed by atoms with van der Waals surface area (Å²) in [6, 6.07) is -0.384. The minimum atomic E-state index is -0.618. The summed E-state index contributed by atoms with van der Waals surface area (Å²) in [5, 5.41) is 6.54. The van der Waals surface area contributed by atoms with Gasteiger partial charge in [-0.05, 0) is 51.4 Å². The third kappa shape index (κ3) is 4.61. The first-order chi connectivity index (χ1) is 10.2. The average Bonchev–Trinajstić information content (AvgIpc) is 2.93. The largest absolute Gasteiger partial charge is 0.444 e. The van der Waals surface area contributed by atoms with Gasteiger partial charge in [-0.15, -0.1) is 0 Å². The maximum Gasteiger partial charge on any atom is 0.438 e. The van der Waals surface area contributed by atoms with E-state index in [-0.39, 0.29) is 12.0 Å². The fourth-order valence-electron chi connectivity index (χ4n) is 2.74. The molecule has 1 amide bonds. The molecule has 7 heteroatoms. The lowest BCUT2D eigenvalue weighted by molar-refractivity contribution is 0.0492. The summed E-state index contributed by atoms with van der Waals surface area (Å²) in [5.41, 5.74) is -0.577. The van der Waals surface area contributed by atoms with Crippen molar-refractivity contribution in [3.8, 4) is 0 Å². The molecule has 0 aliphatic heterocycles. The number of ether oxygens (including phenoxy) is 1. The predicted octanol–water partition coefficient (Wildman–Crippen LogP) is 2.61. The van der Waals surface area contributed by atoms with Crippen LogP contribution in [-0.2, 0) is 4.74 Å². The van der Waals surface area contributed by atoms with Crippen LogP contribution in [-0.4, -0.2) is 21.8 Å². The quantitative estimate of drug-likeness (QED) is 0.871. The van der Waals surface area contributed by atoms with Crippen LogP contribution < -0.4 is 11.1 Å². The van der Waals surface area contributed by atoms with Gasteiger partial charge in [0.05, 0.1) is 6.04 Å². The number of carbonyl (C=O) groups excluding carboxylic acids is 1. The molecule has 0 radical (unpaired) electrons. The first-order valence-corrected chi connectivity index (χ1v) is 7.71. The Hall–Kier alpha value is -1.79. The van der Waals surface area contributed by atoms with Crippen molar-refractivity contribution in [1.82, 2.24) is 15.5 Å². The molecular weight excluding hydrogens is 286 g/mol. The van der Waals surface area contributed by atoms with E-state index in [0.717, 1.165) is 12.8 Å². The molecule has 1 fully saturated rings. The number of aromatic amines is 1. The summed E-state index contributed by atoms with van der Waals surface area (Å²) in [7, 11) is 0. The van der Waals surface area contributed by atoms with Crippen molar-refractivity contribution in [2.75, 3.05) is 0 Å². The normalized spacial score (nSPS) is 22.5. The second-order valence-electron chi connectivity index (χ2n) is 7.39. The number of carbonyl (C=O) groups is 1. The van der Waals surface area contributed by atoms with E-state index < -0.39 is 17.5 Å². The molecular formula is C15H25N3O4. The highest BCUT2D eigenvalue weighted by Crippen LogP contribution is 2.49. The predicted molar refractivity (Wildman–Crippen MR) is 80.3 cm³/mol. The molecule has 0 aromatic carbocycles. The number of aromatic nitrogens is 2. The lowest BCUT2D eigenvalue weighted by atomic mass is 10.0. The third-order valence-electron chi connectivity index (χ3n) is 3.60. The van der Waals surface area contributed by atoms with Gasteiger partial charge in [-0.1, -0.05) is 19.0 Å². The summed E-state index contributed by atoms with van der Waals surface area (Å²) in [5.74, 6) is 1.09. The van der Waals surface area contributed by atoms with Gasteiger partial charge in [-0.25, -0.2) is 9.59 Å². The number of hydrogen-bond acceptors (Lipinski definition) is 5. The number of amides is 1. The van der Waals surface area contributed by atoms with Gasteiger partial charge < -0.3 is 10.1 Å². The minimum Gasteiger partial charge on any atom is -0.444 e. The fourth-order valence-corrected chi connectivity index (χ4v) is 2.74. The highest BCUT2D eigenvalue weighted by atomic mass is 16.6. The van der Waals surface area contributed by atoms with Gasteiger partial charge in [-0.3, -0.25) is 9.51 Å². The molecule has 2 N–H and O–H groups in total. The minimum absolute atomic E-state index is 0.246. The molecule has 1 aliphatic carbocycles. The van der Waals surface area contributed by atoms with Crippen LogP contribution in [0.5, 0.6) is 0 Å². The standard InChI is InChI=1S/C15H25N3O4/c1-8(2)6-9-7-10(9)11(12-17-14(20)22-18-12)16-13(19)21-15(3,4)5/h8-11H,6-7H2,1-5H3,(H,16,19)(H,17,18,20). The molecule has 1 aromatic rings. The SMILES string of the molecule is CC(C)CC1CC1C(NC(=O)OC(C)(C)C)c1noc(=O)[nH]1. The number of nitrogens with one attached hydrogen (secondary N) is 2. The lowest BCUT2D eigenvalue weighted by Gasteiger charge is -2.22. The summed E-state index contributed by atoms with van der Waals surface area (Å²) in [6.45, 7) is 9.75. The van der Waals surface area contributed by atoms with Crippen molar-refractivity contribution in [1.29, 1.82) is 0 Å². The van der Waals surface area contributed by atoms with Crippen LogP contribution >= 0.6 is 0 Å². The van der Waals surface area contributed by atoms with Crippen LogP contribution in [0.1, 0.15) is 59.3 Å². The van der Waals surface area contributed by atoms with E-state index in [1.54, 1.807) is 20.8 Å². The maximum atomic E-state index is 12.0. The van der Waals surface area contributed by atoms with Crippen molar-refractivity contribution in [3.63, 3.8) is 0 Å². The monoisotopic (exact) mass is 311 g/mol. The molecule has 1 saturated carbocycles. The van der Waals surface area contributed by atoms with Crippen LogP contribution in [0.25, 0.3) is 0 Å². The van der Waals surface area contributed by atoms with Crippen LogP contribution in [0.2, 0.25) is 0 Å². The zero-order chi connectivity index (χ0) is 16.5. The molecule has 1 aromatic heterocycles. The summed E-state index contributed by atoms with van der Waals surface area (Å²) >= 11 is 0. The Morgan fingerprint density at radius 2 is 2.18 bits per heavy atom. The molecule has 7 nitrogen and oxygen atoms in total. The Balaban J connectivity index is 2.07. The molecule has 1 heterocycles. The second-order valence-corrected chi connectivity index (χ2v) is 7.39. The van der Waals surface area contributed by atoms with Gasteiger partial charge in [0.25, 0.3) is 0 Å². The molecule has 22 heavy (non-hydrogen) atoms. The van der Waals surface area contributed by atoms with E-state index in [0.29, 0.717) is 17.7 Å². The van der Waals surface area contributed by atoms with Gasteiger partial charge in [-0.2, -0.15) is 0 Å². The van der Waals surface area contributed by atoms with Crippen molar-refractivity contribution >= 4 is 6.09 Å². The van der Waals surface area contributed by atoms with Gasteiger partial charge in [0.15, 0.2) is 5.82 Å². The molecule has 1 aliphatic rings. The highest BCUT2D eigenvalue weighted by Gasteiger charge is 2.46. The molecule has 3 atom stereocenters. The van der Waals surface area contributed by atoms with E-state index in [2.05, 4.69) is 33.8 Å². The number of alkyl carbamates (subject to hydrolysis) is 1. The maximum absolute atomic E-state index is 12.0. The summed E-state index contributed by atoms with van der Waals surface area (Å²) in [4.78, 5) is 25.7. The van der Waals surface area contributed by atoms with Crippen molar-refractivity contribution in [3.05, 3.63) is 16.4 Å². The van der Waals surface area contributed by atoms with Gasteiger partial charge in [0.2, 0.25) is 0 Å². The van der Waals surface area contributed by atoms with Crippen LogP contribution in [0.4, 0.5) is 4.79 Å². The first kappa shape index (κ1) is 16.6. The lowest BCUT2D eigenvalue weighted by Crippen LogP contribution is -2.36. The highest BCUT2D eigenvalue weighted by molar-refractivity contribution is 5.68. The number of H-pyrrole nitrogens is 1. The Bertz CT molecular complexity index is 570. The number of hydrogen-bond donors (Lipinski definition) is 2. The van der Waals surface area contributed by atoms with Crippen LogP contribution in [0.3, 0.4) is 0 Å². The molecule has 0 saturated heterocycles. The van der Waals surface area contributed by atoms with Gasteiger partial charge in [0.1, 0.15) is 5.60 Å². The zero-order valence-electron chi connectivity index (χ0n) is 13.8. The van der Waals surface area contributed by atoms with Crippen molar-refractivity contribution < 1.29 is 14.1 Å². The van der Waals surface area contributed by atoms with E-state index in [4.69, 9.17) is 4.74 Å². The third-order valence-corrected chi connectivity index (χ3v) is 3.60. The van der Waals surface area contributed by atoms with Crippen molar-refractivity contribution in [2.45, 2.75) is 59.1 Å². The van der Waals surface area contributed by atoms with E-state index in [9.17, 15) is 9.59 Å². The number of rotatable bonds is 5. The number of nitrogens with zero attached hydrogens (tertiary/aromatic N) is 1. The first-order valence-electron chi connectivity index (χ1n) is 7.71. The Labute approximate surface area is 129 Å². The molecule has 124 valence electrons. The summed E-state index contributed by atoms with van der Waals surface area (Å²) in [6.07, 6.45) is 1.56. The fraction of sp³-hybridized carbons (Fsp3) is 0.800. The Morgan fingerprint density at radius 3 is 2.68 bits per heavy atom. The molecule has 2 rings (SSSR count). The average molecular weight is 311 g/mol. The van der Waals surface area contributed by atoms with Crippen LogP contribution in [0.15, 0.2) is 9.32 Å². The van der Waals surface area contributed by atoms with Gasteiger partial charge >= 0.3 is 11.8 Å². The molecule has 0 spiro atoms. The van der Waals surface area contributed by atoms with Gasteiger partial charge in [0, 0.05) is 0 Å². The van der Waals surface area contributed by atoms with E-state index in [1.807, 2.05) is 0 Å². The Kier molecular flexibility index (Phi) is 4.63. The second kappa shape index (κ2) is 6.14. The van der Waals surface area contributed by atoms with Crippen LogP contribution in [0, 0.1) is 17.8 Å². The smallest absolute Gasteiger partial charge is 0.438 e. The topological polar surface area (TPSA) is 97.2 Å². The summed E-state index contributed by atoms with van der Waals surface area (Å²) < 4.78 is 9.86. The molecule has 0 bridgehead atoms.